The molecular formula is C25H22ClNO4. The first kappa shape index (κ1) is 21.1. The van der Waals surface area contributed by atoms with Crippen LogP contribution in [0.1, 0.15) is 34.8 Å². The molecule has 0 aromatic heterocycles. The Bertz CT molecular complexity index is 1110. The molecule has 3 aromatic rings. The fraction of sp³-hybridized carbons (Fsp3) is 0.200. The summed E-state index contributed by atoms with van der Waals surface area (Å²) in [5.74, 6) is -0.222. The number of halogens is 1. The van der Waals surface area contributed by atoms with E-state index < -0.39 is 11.5 Å². The Morgan fingerprint density at radius 2 is 1.77 bits per heavy atom. The van der Waals surface area contributed by atoms with Crippen molar-refractivity contribution in [3.05, 3.63) is 94.5 Å². The molecule has 1 amide bonds. The van der Waals surface area contributed by atoms with Crippen molar-refractivity contribution in [1.29, 1.82) is 0 Å². The zero-order chi connectivity index (χ0) is 22.0. The zero-order valence-corrected chi connectivity index (χ0v) is 17.8. The van der Waals surface area contributed by atoms with E-state index in [-0.39, 0.29) is 18.7 Å². The lowest BCUT2D eigenvalue weighted by molar-refractivity contribution is -0.136. The minimum absolute atomic E-state index is 0.286. The minimum Gasteiger partial charge on any atom is -0.494 e. The van der Waals surface area contributed by atoms with E-state index in [0.717, 1.165) is 5.56 Å². The Morgan fingerprint density at radius 1 is 1.06 bits per heavy atom. The molecule has 3 aromatic carbocycles. The predicted octanol–water partition coefficient (Wildman–Crippen LogP) is 4.75. The highest BCUT2D eigenvalue weighted by molar-refractivity contribution is 6.31. The number of nitrogens with zero attached hydrogens (tertiary/aromatic N) is 1. The zero-order valence-electron chi connectivity index (χ0n) is 17.0. The normalized spacial score (nSPS) is 17.5. The van der Waals surface area contributed by atoms with Crippen molar-refractivity contribution in [3.63, 3.8) is 0 Å². The Morgan fingerprint density at radius 3 is 2.45 bits per heavy atom. The number of amides is 1. The van der Waals surface area contributed by atoms with E-state index >= 15 is 0 Å². The first-order chi connectivity index (χ1) is 14.9. The lowest BCUT2D eigenvalue weighted by Gasteiger charge is -2.23. The third-order valence-electron chi connectivity index (χ3n) is 5.38. The number of ketones is 1. The SMILES string of the molecule is CCOc1ccc(C(=O)CC2(O)C(=O)N(Cc3ccccc3)c3ccc(Cl)cc32)cc1. The molecule has 1 unspecified atom stereocenters. The Kier molecular flexibility index (Phi) is 5.81. The van der Waals surface area contributed by atoms with Gasteiger partial charge in [-0.3, -0.25) is 9.59 Å². The third kappa shape index (κ3) is 4.07. The maximum atomic E-state index is 13.4. The lowest BCUT2D eigenvalue weighted by Crippen LogP contribution is -2.41. The monoisotopic (exact) mass is 435 g/mol. The fourth-order valence-corrected chi connectivity index (χ4v) is 4.03. The molecule has 6 heteroatoms. The second-order valence-electron chi connectivity index (χ2n) is 7.46. The van der Waals surface area contributed by atoms with Gasteiger partial charge in [-0.25, -0.2) is 0 Å². The first-order valence-corrected chi connectivity index (χ1v) is 10.4. The van der Waals surface area contributed by atoms with Crippen molar-refractivity contribution in [2.75, 3.05) is 11.5 Å². The van der Waals surface area contributed by atoms with Crippen LogP contribution in [0, 0.1) is 0 Å². The van der Waals surface area contributed by atoms with Crippen LogP contribution >= 0.6 is 11.6 Å². The average molecular weight is 436 g/mol. The number of ether oxygens (including phenoxy) is 1. The Hall–Kier alpha value is -3.15. The van der Waals surface area contributed by atoms with Gasteiger partial charge in [0.15, 0.2) is 11.4 Å². The quantitative estimate of drug-likeness (QED) is 0.544. The number of rotatable bonds is 7. The topological polar surface area (TPSA) is 66.8 Å². The molecule has 5 nitrogen and oxygen atoms in total. The highest BCUT2D eigenvalue weighted by Crippen LogP contribution is 2.44. The molecule has 0 saturated carbocycles. The number of anilines is 1. The standard InChI is InChI=1S/C25H22ClNO4/c1-2-31-20-11-8-18(9-12-20)23(28)15-25(30)21-14-19(26)10-13-22(21)27(24(25)29)16-17-6-4-3-5-7-17/h3-14,30H,2,15-16H2,1H3. The second kappa shape index (κ2) is 8.53. The molecule has 0 saturated heterocycles. The molecule has 1 aliphatic heterocycles. The number of hydrogen-bond donors (Lipinski definition) is 1. The molecule has 0 radical (unpaired) electrons. The summed E-state index contributed by atoms with van der Waals surface area (Å²) in [6, 6.07) is 21.1. The summed E-state index contributed by atoms with van der Waals surface area (Å²) >= 11 is 6.17. The third-order valence-corrected chi connectivity index (χ3v) is 5.62. The van der Waals surface area contributed by atoms with E-state index in [4.69, 9.17) is 16.3 Å². The van der Waals surface area contributed by atoms with Gasteiger partial charge in [0.2, 0.25) is 0 Å². The van der Waals surface area contributed by atoms with E-state index in [1.165, 1.54) is 4.90 Å². The van der Waals surface area contributed by atoms with E-state index in [1.807, 2.05) is 37.3 Å². The van der Waals surface area contributed by atoms with Gasteiger partial charge in [-0.2, -0.15) is 0 Å². The van der Waals surface area contributed by atoms with Crippen LogP contribution < -0.4 is 9.64 Å². The highest BCUT2D eigenvalue weighted by Gasteiger charge is 2.51. The lowest BCUT2D eigenvalue weighted by atomic mass is 9.88. The summed E-state index contributed by atoms with van der Waals surface area (Å²) in [5, 5.41) is 11.8. The summed E-state index contributed by atoms with van der Waals surface area (Å²) in [5.41, 5.74) is 0.235. The van der Waals surface area contributed by atoms with Gasteiger partial charge in [0.1, 0.15) is 5.75 Å². The van der Waals surface area contributed by atoms with Crippen LogP contribution in [0.3, 0.4) is 0 Å². The van der Waals surface area contributed by atoms with Crippen molar-refractivity contribution in [2.24, 2.45) is 0 Å². The van der Waals surface area contributed by atoms with Gasteiger partial charge in [0, 0.05) is 16.1 Å². The predicted molar refractivity (Wildman–Crippen MR) is 120 cm³/mol. The molecule has 0 spiro atoms. The number of fused-ring (bicyclic) bond motifs is 1. The molecule has 31 heavy (non-hydrogen) atoms. The van der Waals surface area contributed by atoms with Crippen molar-refractivity contribution in [2.45, 2.75) is 25.5 Å². The van der Waals surface area contributed by atoms with Crippen LogP contribution in [0.15, 0.2) is 72.8 Å². The van der Waals surface area contributed by atoms with Crippen molar-refractivity contribution < 1.29 is 19.4 Å². The van der Waals surface area contributed by atoms with Crippen molar-refractivity contribution >= 4 is 29.0 Å². The molecule has 0 bridgehead atoms. The van der Waals surface area contributed by atoms with Gasteiger partial charge in [0.05, 0.1) is 25.3 Å². The van der Waals surface area contributed by atoms with Gasteiger partial charge in [-0.05, 0) is 55.0 Å². The van der Waals surface area contributed by atoms with Crippen molar-refractivity contribution in [1.82, 2.24) is 0 Å². The number of aliphatic hydroxyl groups is 1. The number of Topliss-reactive ketones (excluding diaryl/α,β-unsaturated/α-hetero) is 1. The van der Waals surface area contributed by atoms with Crippen LogP contribution in [0.25, 0.3) is 0 Å². The molecule has 158 valence electrons. The molecule has 4 rings (SSSR count). The summed E-state index contributed by atoms with van der Waals surface area (Å²) in [7, 11) is 0. The van der Waals surface area contributed by atoms with E-state index in [0.29, 0.717) is 34.2 Å². The first-order valence-electron chi connectivity index (χ1n) is 10.1. The van der Waals surface area contributed by atoms with Gasteiger partial charge in [-0.15, -0.1) is 0 Å². The second-order valence-corrected chi connectivity index (χ2v) is 7.89. The molecule has 0 aliphatic carbocycles. The number of carbonyl (C=O) groups is 2. The smallest absolute Gasteiger partial charge is 0.264 e. The Balaban J connectivity index is 1.65. The van der Waals surface area contributed by atoms with Crippen molar-refractivity contribution in [3.8, 4) is 5.75 Å². The molecule has 1 aliphatic rings. The summed E-state index contributed by atoms with van der Waals surface area (Å²) in [4.78, 5) is 27.8. The summed E-state index contributed by atoms with van der Waals surface area (Å²) in [6.07, 6.45) is -0.377. The number of carbonyl (C=O) groups excluding carboxylic acids is 2. The Labute approximate surface area is 185 Å². The molecule has 0 fully saturated rings. The number of hydrogen-bond acceptors (Lipinski definition) is 4. The van der Waals surface area contributed by atoms with Gasteiger partial charge >= 0.3 is 0 Å². The average Bonchev–Trinajstić information content (AvgIpc) is 2.96. The van der Waals surface area contributed by atoms with Gasteiger partial charge in [-0.1, -0.05) is 41.9 Å². The van der Waals surface area contributed by atoms with E-state index in [9.17, 15) is 14.7 Å². The van der Waals surface area contributed by atoms with Crippen LogP contribution in [0.5, 0.6) is 5.75 Å². The van der Waals surface area contributed by atoms with Gasteiger partial charge < -0.3 is 14.7 Å². The largest absolute Gasteiger partial charge is 0.494 e. The molecule has 1 atom stereocenters. The van der Waals surface area contributed by atoms with E-state index in [1.54, 1.807) is 42.5 Å². The van der Waals surface area contributed by atoms with Gasteiger partial charge in [0.25, 0.3) is 5.91 Å². The molecule has 1 heterocycles. The van der Waals surface area contributed by atoms with Crippen LogP contribution in [0.2, 0.25) is 5.02 Å². The molecule has 1 N–H and O–H groups in total. The number of benzene rings is 3. The minimum atomic E-state index is -1.98. The van der Waals surface area contributed by atoms with Crippen LogP contribution in [-0.2, 0) is 16.9 Å². The van der Waals surface area contributed by atoms with E-state index in [2.05, 4.69) is 0 Å². The fourth-order valence-electron chi connectivity index (χ4n) is 3.85. The highest BCUT2D eigenvalue weighted by atomic mass is 35.5. The summed E-state index contributed by atoms with van der Waals surface area (Å²) < 4.78 is 5.41. The maximum absolute atomic E-state index is 13.4. The molecular weight excluding hydrogens is 414 g/mol. The maximum Gasteiger partial charge on any atom is 0.264 e. The van der Waals surface area contributed by atoms with Crippen LogP contribution in [0.4, 0.5) is 5.69 Å². The van der Waals surface area contributed by atoms with Crippen LogP contribution in [-0.4, -0.2) is 23.4 Å². The summed E-state index contributed by atoms with van der Waals surface area (Å²) in [6.45, 7) is 2.69.